The molecular weight excluding hydrogens is 212 g/mol. The third kappa shape index (κ3) is 3.30. The molecule has 16 heavy (non-hydrogen) atoms. The molecule has 0 N–H and O–H groups in total. The summed E-state index contributed by atoms with van der Waals surface area (Å²) in [5, 5.41) is 0. The van der Waals surface area contributed by atoms with Crippen molar-refractivity contribution in [2.45, 2.75) is 13.3 Å². The van der Waals surface area contributed by atoms with Gasteiger partial charge in [-0.1, -0.05) is 0 Å². The van der Waals surface area contributed by atoms with Crippen molar-refractivity contribution in [1.29, 1.82) is 0 Å². The van der Waals surface area contributed by atoms with Crippen molar-refractivity contribution in [2.24, 2.45) is 0 Å². The molecule has 1 aromatic heterocycles. The summed E-state index contributed by atoms with van der Waals surface area (Å²) in [6.07, 6.45) is 2.65. The normalized spacial score (nSPS) is 9.62. The van der Waals surface area contributed by atoms with Gasteiger partial charge in [-0.15, -0.1) is 0 Å². The molecule has 0 saturated carbocycles. The first kappa shape index (κ1) is 12.1. The molecule has 0 radical (unpaired) electrons. The van der Waals surface area contributed by atoms with E-state index in [1.54, 1.807) is 6.92 Å². The van der Waals surface area contributed by atoms with Crippen molar-refractivity contribution in [1.82, 2.24) is 9.97 Å². The van der Waals surface area contributed by atoms with Crippen LogP contribution in [0.4, 0.5) is 0 Å². The van der Waals surface area contributed by atoms with E-state index >= 15 is 0 Å². The van der Waals surface area contributed by atoms with Gasteiger partial charge in [-0.2, -0.15) is 0 Å². The van der Waals surface area contributed by atoms with E-state index in [-0.39, 0.29) is 13.0 Å². The molecule has 0 spiro atoms. The lowest BCUT2D eigenvalue weighted by atomic mass is 10.2. The van der Waals surface area contributed by atoms with Crippen LogP contribution in [-0.2, 0) is 20.7 Å². The highest BCUT2D eigenvalue weighted by molar-refractivity contribution is 6.34. The van der Waals surface area contributed by atoms with Gasteiger partial charge in [-0.3, -0.25) is 9.78 Å². The number of methoxy groups -OCH3 is 1. The highest BCUT2D eigenvalue weighted by Gasteiger charge is 2.16. The third-order valence-corrected chi connectivity index (χ3v) is 1.74. The van der Waals surface area contributed by atoms with Crippen LogP contribution in [0.15, 0.2) is 12.4 Å². The third-order valence-electron chi connectivity index (χ3n) is 1.74. The molecule has 0 aliphatic rings. The highest BCUT2D eigenvalue weighted by Crippen LogP contribution is 2.03. The number of nitrogens with zero attached hydrogens (tertiary/aromatic N) is 2. The van der Waals surface area contributed by atoms with Gasteiger partial charge in [-0.05, 0) is 6.92 Å². The molecule has 6 heteroatoms. The van der Waals surface area contributed by atoms with E-state index in [1.165, 1.54) is 19.5 Å². The van der Waals surface area contributed by atoms with Crippen LogP contribution in [0.5, 0.6) is 5.88 Å². The number of ether oxygens (including phenoxy) is 2. The second-order valence-corrected chi connectivity index (χ2v) is 2.87. The SMILES string of the molecule is CCOC(=O)C(=O)Cc1cnc(OC)cn1. The molecule has 0 saturated heterocycles. The number of ketones is 1. The van der Waals surface area contributed by atoms with Crippen LogP contribution in [0.3, 0.4) is 0 Å². The molecule has 6 nitrogen and oxygen atoms in total. The maximum atomic E-state index is 11.3. The number of esters is 1. The zero-order valence-electron chi connectivity index (χ0n) is 9.10. The zero-order valence-corrected chi connectivity index (χ0v) is 9.10. The van der Waals surface area contributed by atoms with Crippen LogP contribution in [0, 0.1) is 0 Å². The topological polar surface area (TPSA) is 78.4 Å². The molecule has 0 aromatic carbocycles. The minimum absolute atomic E-state index is 0.115. The van der Waals surface area contributed by atoms with Gasteiger partial charge in [0.25, 0.3) is 0 Å². The largest absolute Gasteiger partial charge is 0.480 e. The standard InChI is InChI=1S/C10H12N2O4/c1-3-16-10(14)8(13)4-7-5-12-9(15-2)6-11-7/h5-6H,3-4H2,1-2H3. The molecule has 0 bridgehead atoms. The molecular formula is C10H12N2O4. The van der Waals surface area contributed by atoms with Crippen molar-refractivity contribution in [3.63, 3.8) is 0 Å². The number of aromatic nitrogens is 2. The van der Waals surface area contributed by atoms with Gasteiger partial charge in [0.2, 0.25) is 11.7 Å². The Bertz CT molecular complexity index is 375. The first-order chi connectivity index (χ1) is 7.67. The Morgan fingerprint density at radius 1 is 1.31 bits per heavy atom. The zero-order chi connectivity index (χ0) is 12.0. The molecule has 0 fully saturated rings. The average molecular weight is 224 g/mol. The molecule has 1 aromatic rings. The Balaban J connectivity index is 2.59. The van der Waals surface area contributed by atoms with Gasteiger partial charge in [0.05, 0.1) is 38.2 Å². The van der Waals surface area contributed by atoms with Crippen molar-refractivity contribution < 1.29 is 19.1 Å². The first-order valence-corrected chi connectivity index (χ1v) is 4.72. The molecule has 1 rings (SSSR count). The van der Waals surface area contributed by atoms with Crippen LogP contribution >= 0.6 is 0 Å². The fourth-order valence-corrected chi connectivity index (χ4v) is 0.988. The van der Waals surface area contributed by atoms with E-state index in [0.717, 1.165) is 0 Å². The van der Waals surface area contributed by atoms with Crippen LogP contribution in [-0.4, -0.2) is 35.4 Å². The van der Waals surface area contributed by atoms with Crippen molar-refractivity contribution in [2.75, 3.05) is 13.7 Å². The quantitative estimate of drug-likeness (QED) is 0.523. The average Bonchev–Trinajstić information content (AvgIpc) is 2.30. The summed E-state index contributed by atoms with van der Waals surface area (Å²) in [6.45, 7) is 1.82. The lowest BCUT2D eigenvalue weighted by Crippen LogP contribution is -2.20. The predicted molar refractivity (Wildman–Crippen MR) is 53.9 cm³/mol. The number of hydrogen-bond donors (Lipinski definition) is 0. The summed E-state index contributed by atoms with van der Waals surface area (Å²) in [7, 11) is 1.47. The molecule has 0 aliphatic carbocycles. The van der Waals surface area contributed by atoms with E-state index in [2.05, 4.69) is 14.7 Å². The fraction of sp³-hybridized carbons (Fsp3) is 0.400. The van der Waals surface area contributed by atoms with Crippen molar-refractivity contribution in [3.8, 4) is 5.88 Å². The number of carbonyl (C=O) groups is 2. The molecule has 1 heterocycles. The minimum Gasteiger partial charge on any atom is -0.480 e. The van der Waals surface area contributed by atoms with Gasteiger partial charge < -0.3 is 9.47 Å². The maximum absolute atomic E-state index is 11.3. The summed E-state index contributed by atoms with van der Waals surface area (Å²) in [6, 6.07) is 0. The van der Waals surface area contributed by atoms with Crippen LogP contribution in [0.25, 0.3) is 0 Å². The Hall–Kier alpha value is -1.98. The summed E-state index contributed by atoms with van der Waals surface area (Å²) in [4.78, 5) is 30.1. The van der Waals surface area contributed by atoms with E-state index < -0.39 is 11.8 Å². The fourth-order valence-electron chi connectivity index (χ4n) is 0.988. The first-order valence-electron chi connectivity index (χ1n) is 4.72. The number of Topliss-reactive ketones (excluding diaryl/α,β-unsaturated/α-hetero) is 1. The lowest BCUT2D eigenvalue weighted by Gasteiger charge is -2.01. The second kappa shape index (κ2) is 5.79. The number of hydrogen-bond acceptors (Lipinski definition) is 6. The van der Waals surface area contributed by atoms with Crippen molar-refractivity contribution in [3.05, 3.63) is 18.1 Å². The van der Waals surface area contributed by atoms with Crippen LogP contribution in [0.1, 0.15) is 12.6 Å². The van der Waals surface area contributed by atoms with Crippen LogP contribution in [0.2, 0.25) is 0 Å². The summed E-state index contributed by atoms with van der Waals surface area (Å²) in [5.41, 5.74) is 0.402. The summed E-state index contributed by atoms with van der Waals surface area (Å²) >= 11 is 0. The molecule has 0 amide bonds. The Kier molecular flexibility index (Phi) is 4.38. The molecule has 0 aliphatic heterocycles. The van der Waals surface area contributed by atoms with Gasteiger partial charge in [0.15, 0.2) is 0 Å². The van der Waals surface area contributed by atoms with Gasteiger partial charge in [-0.25, -0.2) is 9.78 Å². The van der Waals surface area contributed by atoms with E-state index in [1.807, 2.05) is 0 Å². The molecule has 0 atom stereocenters. The smallest absolute Gasteiger partial charge is 0.375 e. The molecule has 86 valence electrons. The van der Waals surface area contributed by atoms with Crippen molar-refractivity contribution >= 4 is 11.8 Å². The van der Waals surface area contributed by atoms with E-state index in [4.69, 9.17) is 4.74 Å². The highest BCUT2D eigenvalue weighted by atomic mass is 16.5. The van der Waals surface area contributed by atoms with Gasteiger partial charge in [0, 0.05) is 0 Å². The molecule has 0 unspecified atom stereocenters. The monoisotopic (exact) mass is 224 g/mol. The van der Waals surface area contributed by atoms with Gasteiger partial charge in [0.1, 0.15) is 0 Å². The lowest BCUT2D eigenvalue weighted by molar-refractivity contribution is -0.153. The Morgan fingerprint density at radius 3 is 2.56 bits per heavy atom. The predicted octanol–water partition coefficient (Wildman–Crippen LogP) is 0.160. The summed E-state index contributed by atoms with van der Waals surface area (Å²) < 4.78 is 9.37. The van der Waals surface area contributed by atoms with E-state index in [9.17, 15) is 9.59 Å². The Morgan fingerprint density at radius 2 is 2.06 bits per heavy atom. The van der Waals surface area contributed by atoms with Gasteiger partial charge >= 0.3 is 5.97 Å². The van der Waals surface area contributed by atoms with Crippen LogP contribution < -0.4 is 4.74 Å². The number of carbonyl (C=O) groups excluding carboxylic acids is 2. The Labute approximate surface area is 92.6 Å². The number of rotatable bonds is 5. The second-order valence-electron chi connectivity index (χ2n) is 2.87. The summed E-state index contributed by atoms with van der Waals surface area (Å²) in [5.74, 6) is -1.13. The van der Waals surface area contributed by atoms with E-state index in [0.29, 0.717) is 11.6 Å². The maximum Gasteiger partial charge on any atom is 0.375 e. The minimum atomic E-state index is -0.847.